The van der Waals surface area contributed by atoms with Crippen LogP contribution < -0.4 is 11.5 Å². The number of aryl methyl sites for hydroxylation is 1. The van der Waals surface area contributed by atoms with Crippen LogP contribution >= 0.6 is 0 Å². The quantitative estimate of drug-likeness (QED) is 0.310. The summed E-state index contributed by atoms with van der Waals surface area (Å²) >= 11 is 0. The van der Waals surface area contributed by atoms with Crippen LogP contribution in [0.4, 0.5) is 5.69 Å². The molecular weight excluding hydrogens is 226 g/mol. The third-order valence-electron chi connectivity index (χ3n) is 1.48. The van der Waals surface area contributed by atoms with Gasteiger partial charge in [-0.1, -0.05) is 17.7 Å². The molecule has 0 saturated heterocycles. The van der Waals surface area contributed by atoms with Crippen molar-refractivity contribution in [2.45, 2.75) is 6.92 Å². The number of carboxylic acid groups (broad SMARTS) is 2. The minimum atomic E-state index is -1.82. The summed E-state index contributed by atoms with van der Waals surface area (Å²) in [5.74, 6) is -3.56. The van der Waals surface area contributed by atoms with Gasteiger partial charge in [0.1, 0.15) is 0 Å². The van der Waals surface area contributed by atoms with Crippen LogP contribution in [0.25, 0.3) is 0 Å². The Bertz CT molecular complexity index is 410. The fraction of sp³-hybridized carbons (Fsp3) is 0.100. The largest absolute Gasteiger partial charge is 0.473 e. The van der Waals surface area contributed by atoms with Crippen LogP contribution in [-0.4, -0.2) is 28.1 Å². The molecule has 0 aliphatic heterocycles. The Kier molecular flexibility index (Phi) is 5.80. The van der Waals surface area contributed by atoms with Gasteiger partial charge in [-0.3, -0.25) is 0 Å². The Hall–Kier alpha value is -2.57. The van der Waals surface area contributed by atoms with E-state index < -0.39 is 11.9 Å². The Labute approximate surface area is 97.4 Å². The lowest BCUT2D eigenvalue weighted by Gasteiger charge is -1.94. The monoisotopic (exact) mass is 239 g/mol. The fourth-order valence-electron chi connectivity index (χ4n) is 0.768. The second kappa shape index (κ2) is 6.83. The Balaban J connectivity index is 0.000000366. The fourth-order valence-corrected chi connectivity index (χ4v) is 0.768. The average Bonchev–Trinajstić information content (AvgIpc) is 2.21. The van der Waals surface area contributed by atoms with Crippen molar-refractivity contribution in [3.63, 3.8) is 0 Å². The number of hydrogen-bond acceptors (Lipinski definition) is 3. The van der Waals surface area contributed by atoms with Crippen LogP contribution in [0.15, 0.2) is 29.3 Å². The highest BCUT2D eigenvalue weighted by atomic mass is 16.4. The number of nitrogens with two attached hydrogens (primary N) is 2. The number of hydrogen-bond donors (Lipinski definition) is 4. The molecule has 0 aliphatic carbocycles. The van der Waals surface area contributed by atoms with Gasteiger partial charge in [0.2, 0.25) is 0 Å². The molecule has 1 aromatic carbocycles. The van der Waals surface area contributed by atoms with E-state index in [4.69, 9.17) is 31.3 Å². The molecule has 0 spiro atoms. The first-order chi connectivity index (χ1) is 7.82. The molecule has 17 heavy (non-hydrogen) atoms. The lowest BCUT2D eigenvalue weighted by molar-refractivity contribution is -0.159. The van der Waals surface area contributed by atoms with Gasteiger partial charge in [0.15, 0.2) is 5.96 Å². The van der Waals surface area contributed by atoms with Crippen molar-refractivity contribution >= 4 is 23.6 Å². The molecule has 6 N–H and O–H groups in total. The molecule has 0 unspecified atom stereocenters. The summed E-state index contributed by atoms with van der Waals surface area (Å²) in [7, 11) is 0. The second-order valence-corrected chi connectivity index (χ2v) is 2.98. The third-order valence-corrected chi connectivity index (χ3v) is 1.48. The highest BCUT2D eigenvalue weighted by Gasteiger charge is 2.04. The molecule has 0 heterocycles. The molecule has 0 aliphatic rings. The highest BCUT2D eigenvalue weighted by molar-refractivity contribution is 6.27. The van der Waals surface area contributed by atoms with Crippen LogP contribution in [0.1, 0.15) is 5.56 Å². The van der Waals surface area contributed by atoms with Crippen LogP contribution in [0.5, 0.6) is 0 Å². The van der Waals surface area contributed by atoms with Crippen LogP contribution in [0.3, 0.4) is 0 Å². The van der Waals surface area contributed by atoms with E-state index in [0.717, 1.165) is 5.69 Å². The molecular formula is C10H13N3O4. The minimum absolute atomic E-state index is 0.0915. The number of aliphatic carboxylic acids is 2. The van der Waals surface area contributed by atoms with Gasteiger partial charge in [0.25, 0.3) is 0 Å². The van der Waals surface area contributed by atoms with E-state index in [1.807, 2.05) is 31.2 Å². The molecule has 1 aromatic rings. The smallest absolute Gasteiger partial charge is 0.414 e. The van der Waals surface area contributed by atoms with Crippen LogP contribution in [-0.2, 0) is 9.59 Å². The molecule has 0 fully saturated rings. The summed E-state index contributed by atoms with van der Waals surface area (Å²) in [6.07, 6.45) is 0. The summed E-state index contributed by atoms with van der Waals surface area (Å²) < 4.78 is 0. The molecule has 7 heteroatoms. The standard InChI is InChI=1S/C8H11N3.C2H2O4/c1-6-2-4-7(5-3-6)11-8(9)10;3-1(4)2(5)6/h2-5H,1H3,(H4,9,10,11);(H,3,4)(H,5,6). The van der Waals surface area contributed by atoms with E-state index in [1.54, 1.807) is 0 Å². The zero-order chi connectivity index (χ0) is 13.4. The molecule has 0 bridgehead atoms. The molecule has 1 rings (SSSR count). The molecule has 92 valence electrons. The second-order valence-electron chi connectivity index (χ2n) is 2.98. The Morgan fingerprint density at radius 3 is 1.76 bits per heavy atom. The van der Waals surface area contributed by atoms with Crippen molar-refractivity contribution in [3.8, 4) is 0 Å². The minimum Gasteiger partial charge on any atom is -0.473 e. The molecule has 0 radical (unpaired) electrons. The Morgan fingerprint density at radius 1 is 1.06 bits per heavy atom. The van der Waals surface area contributed by atoms with Crippen molar-refractivity contribution < 1.29 is 19.8 Å². The van der Waals surface area contributed by atoms with Crippen molar-refractivity contribution in [2.24, 2.45) is 16.5 Å². The van der Waals surface area contributed by atoms with Gasteiger partial charge < -0.3 is 21.7 Å². The molecule has 7 nitrogen and oxygen atoms in total. The van der Waals surface area contributed by atoms with E-state index in [9.17, 15) is 0 Å². The predicted octanol–water partition coefficient (Wildman–Crippen LogP) is 0.0555. The number of benzene rings is 1. The zero-order valence-electron chi connectivity index (χ0n) is 9.12. The summed E-state index contributed by atoms with van der Waals surface area (Å²) in [6, 6.07) is 7.66. The maximum Gasteiger partial charge on any atom is 0.414 e. The summed E-state index contributed by atoms with van der Waals surface area (Å²) in [4.78, 5) is 22.1. The highest BCUT2D eigenvalue weighted by Crippen LogP contribution is 2.11. The zero-order valence-corrected chi connectivity index (χ0v) is 9.12. The maximum absolute atomic E-state index is 9.10. The molecule has 0 atom stereocenters. The summed E-state index contributed by atoms with van der Waals surface area (Å²) in [6.45, 7) is 2.01. The van der Waals surface area contributed by atoms with Gasteiger partial charge in [-0.2, -0.15) is 0 Å². The van der Waals surface area contributed by atoms with E-state index >= 15 is 0 Å². The number of carboxylic acids is 2. The van der Waals surface area contributed by atoms with Crippen molar-refractivity contribution in [1.29, 1.82) is 0 Å². The van der Waals surface area contributed by atoms with Crippen molar-refractivity contribution in [1.82, 2.24) is 0 Å². The van der Waals surface area contributed by atoms with Gasteiger partial charge in [-0.25, -0.2) is 14.6 Å². The topological polar surface area (TPSA) is 139 Å². The maximum atomic E-state index is 9.10. The number of guanidine groups is 1. The molecule has 0 saturated carbocycles. The molecule has 0 amide bonds. The molecule has 0 aromatic heterocycles. The van der Waals surface area contributed by atoms with E-state index in [-0.39, 0.29) is 5.96 Å². The van der Waals surface area contributed by atoms with Crippen molar-refractivity contribution in [3.05, 3.63) is 29.8 Å². The number of carbonyl (C=O) groups is 2. The first kappa shape index (κ1) is 14.4. The lowest BCUT2D eigenvalue weighted by Crippen LogP contribution is -2.21. The number of rotatable bonds is 1. The van der Waals surface area contributed by atoms with E-state index in [1.165, 1.54) is 5.56 Å². The van der Waals surface area contributed by atoms with Gasteiger partial charge >= 0.3 is 11.9 Å². The first-order valence-electron chi connectivity index (χ1n) is 4.45. The van der Waals surface area contributed by atoms with E-state index in [0.29, 0.717) is 0 Å². The first-order valence-corrected chi connectivity index (χ1v) is 4.45. The summed E-state index contributed by atoms with van der Waals surface area (Å²) in [5.41, 5.74) is 12.4. The Morgan fingerprint density at radius 2 is 1.47 bits per heavy atom. The van der Waals surface area contributed by atoms with Crippen LogP contribution in [0, 0.1) is 6.92 Å². The SMILES string of the molecule is Cc1ccc(N=C(N)N)cc1.O=C(O)C(=O)O. The van der Waals surface area contributed by atoms with Gasteiger partial charge in [-0.05, 0) is 19.1 Å². The van der Waals surface area contributed by atoms with Gasteiger partial charge in [0, 0.05) is 0 Å². The van der Waals surface area contributed by atoms with Gasteiger partial charge in [-0.15, -0.1) is 0 Å². The number of aliphatic imine (C=N–C) groups is 1. The summed E-state index contributed by atoms with van der Waals surface area (Å²) in [5, 5.41) is 14.8. The van der Waals surface area contributed by atoms with Crippen molar-refractivity contribution in [2.75, 3.05) is 0 Å². The van der Waals surface area contributed by atoms with Crippen LogP contribution in [0.2, 0.25) is 0 Å². The lowest BCUT2D eigenvalue weighted by atomic mass is 10.2. The van der Waals surface area contributed by atoms with E-state index in [2.05, 4.69) is 4.99 Å². The normalized spacial score (nSPS) is 8.53. The predicted molar refractivity (Wildman–Crippen MR) is 61.9 cm³/mol. The third kappa shape index (κ3) is 7.37. The van der Waals surface area contributed by atoms with Gasteiger partial charge in [0.05, 0.1) is 5.69 Å². The average molecular weight is 239 g/mol. The number of nitrogens with zero attached hydrogens (tertiary/aromatic N) is 1.